The Morgan fingerprint density at radius 2 is 1.74 bits per heavy atom. The van der Waals surface area contributed by atoms with Crippen LogP contribution in [-0.4, -0.2) is 68.8 Å². The highest BCUT2D eigenvalue weighted by atomic mass is 32.2. The zero-order valence-electron chi connectivity index (χ0n) is 19.9. The van der Waals surface area contributed by atoms with Crippen LogP contribution in [0.1, 0.15) is 31.9 Å². The summed E-state index contributed by atoms with van der Waals surface area (Å²) in [4.78, 5) is 22.4. The standard InChI is InChI=1S/C25H32N4O4S/c1-4-33-20-11-9-19(10-12-20)17-28-13-15-29(16-14-28)25(30)23(18(2)3)26-24-21-7-5-6-8-22(21)34(31,32)27-24/h5-12,18,23H,4,13-17H2,1-3H3,(H,26,27)/t23-/m0/s1. The average Bonchev–Trinajstić information content (AvgIpc) is 3.09. The number of aliphatic imine (C=N–C) groups is 1. The maximum absolute atomic E-state index is 13.4. The number of hydrogen-bond donors (Lipinski definition) is 1. The number of amides is 1. The van der Waals surface area contributed by atoms with Crippen molar-refractivity contribution in [2.75, 3.05) is 32.8 Å². The molecule has 0 radical (unpaired) electrons. The van der Waals surface area contributed by atoms with E-state index in [1.54, 1.807) is 24.3 Å². The second kappa shape index (κ2) is 10.1. The molecule has 2 aliphatic rings. The van der Waals surface area contributed by atoms with Gasteiger partial charge in [-0.15, -0.1) is 0 Å². The van der Waals surface area contributed by atoms with Crippen molar-refractivity contribution in [3.8, 4) is 5.75 Å². The summed E-state index contributed by atoms with van der Waals surface area (Å²) < 4.78 is 32.9. The van der Waals surface area contributed by atoms with Gasteiger partial charge in [0.25, 0.3) is 10.0 Å². The lowest BCUT2D eigenvalue weighted by Crippen LogP contribution is -2.51. The number of carbonyl (C=O) groups is 1. The Morgan fingerprint density at radius 1 is 1.06 bits per heavy atom. The van der Waals surface area contributed by atoms with Crippen LogP contribution in [0.2, 0.25) is 0 Å². The Morgan fingerprint density at radius 3 is 2.38 bits per heavy atom. The van der Waals surface area contributed by atoms with Gasteiger partial charge in [-0.25, -0.2) is 8.42 Å². The van der Waals surface area contributed by atoms with E-state index in [2.05, 4.69) is 26.7 Å². The number of hydrogen-bond acceptors (Lipinski definition) is 6. The molecule has 1 saturated heterocycles. The smallest absolute Gasteiger partial charge is 0.263 e. The van der Waals surface area contributed by atoms with E-state index >= 15 is 0 Å². The molecule has 2 aliphatic heterocycles. The summed E-state index contributed by atoms with van der Waals surface area (Å²) in [7, 11) is -3.64. The van der Waals surface area contributed by atoms with Crippen LogP contribution in [0.3, 0.4) is 0 Å². The van der Waals surface area contributed by atoms with E-state index in [0.717, 1.165) is 25.4 Å². The second-order valence-corrected chi connectivity index (χ2v) is 10.6. The van der Waals surface area contributed by atoms with E-state index in [1.807, 2.05) is 37.8 Å². The highest BCUT2D eigenvalue weighted by Crippen LogP contribution is 2.24. The summed E-state index contributed by atoms with van der Waals surface area (Å²) in [5.41, 5.74) is 1.72. The average molecular weight is 485 g/mol. The third-order valence-electron chi connectivity index (χ3n) is 6.14. The highest BCUT2D eigenvalue weighted by molar-refractivity contribution is 7.90. The highest BCUT2D eigenvalue weighted by Gasteiger charge is 2.34. The molecule has 1 amide bonds. The van der Waals surface area contributed by atoms with Crippen molar-refractivity contribution >= 4 is 21.8 Å². The van der Waals surface area contributed by atoms with Crippen molar-refractivity contribution in [2.24, 2.45) is 10.9 Å². The van der Waals surface area contributed by atoms with Crippen molar-refractivity contribution < 1.29 is 17.9 Å². The summed E-state index contributed by atoms with van der Waals surface area (Å²) in [6.07, 6.45) is 0. The minimum Gasteiger partial charge on any atom is -0.494 e. The quantitative estimate of drug-likeness (QED) is 0.652. The van der Waals surface area contributed by atoms with Crippen LogP contribution >= 0.6 is 0 Å². The molecule has 1 fully saturated rings. The van der Waals surface area contributed by atoms with Gasteiger partial charge < -0.3 is 9.64 Å². The zero-order chi connectivity index (χ0) is 24.3. The number of fused-ring (bicyclic) bond motifs is 1. The SMILES string of the molecule is CCOc1ccc(CN2CCN(C(=O)[C@@H](N=C3NS(=O)(=O)c4ccccc43)C(C)C)CC2)cc1. The predicted octanol–water partition coefficient (Wildman–Crippen LogP) is 2.49. The maximum Gasteiger partial charge on any atom is 0.263 e. The second-order valence-electron chi connectivity index (χ2n) is 8.95. The fraction of sp³-hybridized carbons (Fsp3) is 0.440. The normalized spacial score (nSPS) is 19.6. The number of carbonyl (C=O) groups excluding carboxylic acids is 1. The molecule has 0 unspecified atom stereocenters. The van der Waals surface area contributed by atoms with E-state index in [1.165, 1.54) is 5.56 Å². The number of nitrogens with zero attached hydrogens (tertiary/aromatic N) is 3. The Hall–Kier alpha value is -2.91. The van der Waals surface area contributed by atoms with E-state index in [4.69, 9.17) is 4.74 Å². The first-order chi connectivity index (χ1) is 16.3. The molecular weight excluding hydrogens is 452 g/mol. The monoisotopic (exact) mass is 484 g/mol. The summed E-state index contributed by atoms with van der Waals surface area (Å²) in [6.45, 7) is 10.1. The summed E-state index contributed by atoms with van der Waals surface area (Å²) in [5.74, 6) is 0.984. The molecule has 182 valence electrons. The lowest BCUT2D eigenvalue weighted by molar-refractivity contribution is -0.135. The van der Waals surface area contributed by atoms with Crippen LogP contribution in [0.5, 0.6) is 5.75 Å². The fourth-order valence-electron chi connectivity index (χ4n) is 4.29. The molecule has 0 aliphatic carbocycles. The van der Waals surface area contributed by atoms with Gasteiger partial charge in [0, 0.05) is 38.3 Å². The number of benzene rings is 2. The Kier molecular flexibility index (Phi) is 7.23. The van der Waals surface area contributed by atoms with Gasteiger partial charge in [0.15, 0.2) is 0 Å². The number of nitrogens with one attached hydrogen (secondary N) is 1. The first-order valence-corrected chi connectivity index (χ1v) is 13.2. The lowest BCUT2D eigenvalue weighted by Gasteiger charge is -2.36. The molecule has 0 saturated carbocycles. The molecule has 9 heteroatoms. The molecule has 1 atom stereocenters. The molecule has 2 heterocycles. The molecule has 0 aromatic heterocycles. The minimum atomic E-state index is -3.64. The van der Waals surface area contributed by atoms with E-state index in [0.29, 0.717) is 25.3 Å². The predicted molar refractivity (Wildman–Crippen MR) is 131 cm³/mol. The van der Waals surface area contributed by atoms with Gasteiger partial charge >= 0.3 is 0 Å². The van der Waals surface area contributed by atoms with Crippen LogP contribution in [0.15, 0.2) is 58.4 Å². The summed E-state index contributed by atoms with van der Waals surface area (Å²) >= 11 is 0. The topological polar surface area (TPSA) is 91.3 Å². The van der Waals surface area contributed by atoms with Crippen LogP contribution in [0.4, 0.5) is 0 Å². The molecule has 0 spiro atoms. The Balaban J connectivity index is 1.41. The van der Waals surface area contributed by atoms with Gasteiger partial charge in [-0.2, -0.15) is 0 Å². The zero-order valence-corrected chi connectivity index (χ0v) is 20.7. The Bertz CT molecular complexity index is 1150. The third-order valence-corrected chi connectivity index (χ3v) is 7.54. The van der Waals surface area contributed by atoms with Crippen LogP contribution in [0.25, 0.3) is 0 Å². The molecule has 8 nitrogen and oxygen atoms in total. The number of sulfonamides is 1. The molecular formula is C25H32N4O4S. The molecule has 0 bridgehead atoms. The summed E-state index contributed by atoms with van der Waals surface area (Å²) in [5, 5.41) is 0. The van der Waals surface area contributed by atoms with Crippen LogP contribution in [0, 0.1) is 5.92 Å². The van der Waals surface area contributed by atoms with Gasteiger partial charge in [0.1, 0.15) is 17.6 Å². The molecule has 34 heavy (non-hydrogen) atoms. The number of piperazine rings is 1. The van der Waals surface area contributed by atoms with E-state index in [-0.39, 0.29) is 22.6 Å². The first-order valence-electron chi connectivity index (χ1n) is 11.7. The van der Waals surface area contributed by atoms with Crippen molar-refractivity contribution in [1.29, 1.82) is 0 Å². The molecule has 1 N–H and O–H groups in total. The van der Waals surface area contributed by atoms with Crippen molar-refractivity contribution in [3.05, 3.63) is 59.7 Å². The minimum absolute atomic E-state index is 0.0632. The fourth-order valence-corrected chi connectivity index (χ4v) is 5.53. The van der Waals surface area contributed by atoms with Gasteiger partial charge in [-0.3, -0.25) is 19.4 Å². The number of rotatable bonds is 7. The van der Waals surface area contributed by atoms with Gasteiger partial charge in [-0.05, 0) is 42.7 Å². The van der Waals surface area contributed by atoms with E-state index < -0.39 is 16.1 Å². The first kappa shape index (κ1) is 24.2. The molecule has 2 aromatic rings. The van der Waals surface area contributed by atoms with Crippen LogP contribution in [-0.2, 0) is 21.4 Å². The van der Waals surface area contributed by atoms with Crippen LogP contribution < -0.4 is 9.46 Å². The van der Waals surface area contributed by atoms with Gasteiger partial charge in [-0.1, -0.05) is 38.1 Å². The van der Waals surface area contributed by atoms with Crippen molar-refractivity contribution in [1.82, 2.24) is 14.5 Å². The number of ether oxygens (including phenoxy) is 1. The van der Waals surface area contributed by atoms with Crippen molar-refractivity contribution in [2.45, 2.75) is 38.3 Å². The van der Waals surface area contributed by atoms with Gasteiger partial charge in [0.05, 0.1) is 11.5 Å². The maximum atomic E-state index is 13.4. The number of amidine groups is 1. The molecule has 4 rings (SSSR count). The summed E-state index contributed by atoms with van der Waals surface area (Å²) in [6, 6.07) is 14.2. The Labute approximate surface area is 201 Å². The lowest BCUT2D eigenvalue weighted by atomic mass is 10.0. The molecule has 2 aromatic carbocycles. The third kappa shape index (κ3) is 5.26. The van der Waals surface area contributed by atoms with Gasteiger partial charge in [0.2, 0.25) is 5.91 Å². The van der Waals surface area contributed by atoms with Crippen molar-refractivity contribution in [3.63, 3.8) is 0 Å². The largest absolute Gasteiger partial charge is 0.494 e. The van der Waals surface area contributed by atoms with E-state index in [9.17, 15) is 13.2 Å².